The highest BCUT2D eigenvalue weighted by atomic mass is 32.1. The summed E-state index contributed by atoms with van der Waals surface area (Å²) in [4.78, 5) is 15.3. The monoisotopic (exact) mass is 269 g/mol. The van der Waals surface area contributed by atoms with E-state index in [2.05, 4.69) is 4.98 Å². The fourth-order valence-corrected chi connectivity index (χ4v) is 2.59. The van der Waals surface area contributed by atoms with Gasteiger partial charge in [0.05, 0.1) is 12.1 Å². The maximum Gasteiger partial charge on any atom is 0.308 e. The highest BCUT2D eigenvalue weighted by molar-refractivity contribution is 7.15. The zero-order chi connectivity index (χ0) is 13.3. The smallest absolute Gasteiger partial charge is 0.308 e. The van der Waals surface area contributed by atoms with Gasteiger partial charge in [0.2, 0.25) is 0 Å². The molecule has 0 aliphatic rings. The van der Waals surface area contributed by atoms with Crippen LogP contribution in [0.15, 0.2) is 18.2 Å². The van der Waals surface area contributed by atoms with Crippen LogP contribution in [-0.2, 0) is 11.2 Å². The van der Waals surface area contributed by atoms with E-state index in [1.54, 1.807) is 6.92 Å². The second kappa shape index (κ2) is 4.81. The molecular weight excluding hydrogens is 260 g/mol. The van der Waals surface area contributed by atoms with Gasteiger partial charge in [-0.1, -0.05) is 0 Å². The van der Waals surface area contributed by atoms with Crippen LogP contribution in [0.25, 0.3) is 10.6 Å². The Morgan fingerprint density at radius 3 is 2.78 bits per heavy atom. The first-order valence-electron chi connectivity index (χ1n) is 5.11. The number of aromatic nitrogens is 1. The van der Waals surface area contributed by atoms with Gasteiger partial charge in [0, 0.05) is 16.5 Å². The predicted molar refractivity (Wildman–Crippen MR) is 63.5 cm³/mol. The minimum Gasteiger partial charge on any atom is -0.481 e. The van der Waals surface area contributed by atoms with Crippen LogP contribution < -0.4 is 0 Å². The number of halogens is 2. The fourth-order valence-electron chi connectivity index (χ4n) is 1.51. The molecule has 0 fully saturated rings. The first kappa shape index (κ1) is 12.6. The van der Waals surface area contributed by atoms with Gasteiger partial charge in [-0.05, 0) is 19.1 Å². The van der Waals surface area contributed by atoms with Gasteiger partial charge in [-0.15, -0.1) is 11.3 Å². The number of hydrogen-bond donors (Lipinski definition) is 1. The summed E-state index contributed by atoms with van der Waals surface area (Å²) in [6.45, 7) is 1.67. The first-order valence-corrected chi connectivity index (χ1v) is 5.92. The Balaban J connectivity index is 2.42. The van der Waals surface area contributed by atoms with E-state index in [1.165, 1.54) is 6.07 Å². The molecule has 0 aliphatic carbocycles. The van der Waals surface area contributed by atoms with E-state index in [-0.39, 0.29) is 12.0 Å². The number of carboxylic acid groups (broad SMARTS) is 1. The lowest BCUT2D eigenvalue weighted by Gasteiger charge is -1.98. The van der Waals surface area contributed by atoms with Gasteiger partial charge in [0.1, 0.15) is 16.6 Å². The minimum atomic E-state index is -0.965. The second-order valence-corrected chi connectivity index (χ2v) is 4.81. The molecule has 3 nitrogen and oxygen atoms in total. The Hall–Kier alpha value is -1.82. The molecular formula is C12H9F2NO2S. The van der Waals surface area contributed by atoms with Gasteiger partial charge in [-0.25, -0.2) is 13.8 Å². The largest absolute Gasteiger partial charge is 0.481 e. The van der Waals surface area contributed by atoms with Crippen molar-refractivity contribution in [1.82, 2.24) is 4.98 Å². The van der Waals surface area contributed by atoms with Crippen LogP contribution in [0.1, 0.15) is 10.6 Å². The van der Waals surface area contributed by atoms with E-state index in [9.17, 15) is 13.6 Å². The van der Waals surface area contributed by atoms with E-state index < -0.39 is 17.6 Å². The lowest BCUT2D eigenvalue weighted by Crippen LogP contribution is -1.99. The molecule has 0 unspecified atom stereocenters. The highest BCUT2D eigenvalue weighted by Gasteiger charge is 2.15. The van der Waals surface area contributed by atoms with Crippen molar-refractivity contribution in [3.05, 3.63) is 40.4 Å². The Morgan fingerprint density at radius 1 is 1.44 bits per heavy atom. The van der Waals surface area contributed by atoms with E-state index in [0.29, 0.717) is 15.6 Å². The number of nitrogens with zero attached hydrogens (tertiary/aromatic N) is 1. The van der Waals surface area contributed by atoms with Gasteiger partial charge in [-0.3, -0.25) is 4.79 Å². The summed E-state index contributed by atoms with van der Waals surface area (Å²) in [7, 11) is 0. The molecule has 0 atom stereocenters. The van der Waals surface area contributed by atoms with Crippen molar-refractivity contribution in [2.24, 2.45) is 0 Å². The van der Waals surface area contributed by atoms with Crippen LogP contribution in [0.5, 0.6) is 0 Å². The molecule has 0 amide bonds. The molecule has 1 N–H and O–H groups in total. The van der Waals surface area contributed by atoms with Crippen molar-refractivity contribution in [2.75, 3.05) is 0 Å². The average Bonchev–Trinajstić information content (AvgIpc) is 2.59. The predicted octanol–water partition coefficient (Wildman–Crippen LogP) is 3.02. The number of aryl methyl sites for hydroxylation is 1. The molecule has 2 aromatic rings. The number of hydrogen-bond acceptors (Lipinski definition) is 3. The molecule has 0 radical (unpaired) electrons. The van der Waals surface area contributed by atoms with E-state index in [4.69, 9.17) is 5.11 Å². The third kappa shape index (κ3) is 2.53. The van der Waals surface area contributed by atoms with Gasteiger partial charge < -0.3 is 5.11 Å². The van der Waals surface area contributed by atoms with Crippen LogP contribution in [0, 0.1) is 18.6 Å². The van der Waals surface area contributed by atoms with Crippen LogP contribution in [-0.4, -0.2) is 16.1 Å². The molecule has 0 bridgehead atoms. The van der Waals surface area contributed by atoms with Crippen molar-refractivity contribution >= 4 is 17.3 Å². The van der Waals surface area contributed by atoms with Crippen molar-refractivity contribution < 1.29 is 18.7 Å². The quantitative estimate of drug-likeness (QED) is 0.931. The van der Waals surface area contributed by atoms with Crippen LogP contribution in [0.4, 0.5) is 8.78 Å². The van der Waals surface area contributed by atoms with Gasteiger partial charge in [0.25, 0.3) is 0 Å². The molecule has 2 rings (SSSR count). The fraction of sp³-hybridized carbons (Fsp3) is 0.167. The maximum absolute atomic E-state index is 13.5. The number of carboxylic acids is 1. The molecule has 1 aromatic carbocycles. The normalized spacial score (nSPS) is 10.6. The van der Waals surface area contributed by atoms with Crippen LogP contribution in [0.2, 0.25) is 0 Å². The molecule has 1 aromatic heterocycles. The topological polar surface area (TPSA) is 50.2 Å². The van der Waals surface area contributed by atoms with Gasteiger partial charge in [0.15, 0.2) is 0 Å². The lowest BCUT2D eigenvalue weighted by atomic mass is 10.2. The number of carbonyl (C=O) groups is 1. The molecule has 18 heavy (non-hydrogen) atoms. The maximum atomic E-state index is 13.5. The van der Waals surface area contributed by atoms with Crippen molar-refractivity contribution in [2.45, 2.75) is 13.3 Å². The number of aliphatic carboxylic acids is 1. The van der Waals surface area contributed by atoms with Crippen molar-refractivity contribution in [3.8, 4) is 10.6 Å². The third-order valence-corrected chi connectivity index (χ3v) is 3.56. The molecule has 0 saturated carbocycles. The molecule has 6 heteroatoms. The van der Waals surface area contributed by atoms with Crippen molar-refractivity contribution in [3.63, 3.8) is 0 Å². The average molecular weight is 269 g/mol. The van der Waals surface area contributed by atoms with E-state index >= 15 is 0 Å². The number of thiazole rings is 1. The first-order chi connectivity index (χ1) is 8.47. The zero-order valence-corrected chi connectivity index (χ0v) is 10.2. The summed E-state index contributed by atoms with van der Waals surface area (Å²) in [6.07, 6.45) is -0.147. The molecule has 0 aliphatic heterocycles. The van der Waals surface area contributed by atoms with E-state index in [0.717, 1.165) is 23.5 Å². The Morgan fingerprint density at radius 2 is 2.17 bits per heavy atom. The van der Waals surface area contributed by atoms with Crippen molar-refractivity contribution in [1.29, 1.82) is 0 Å². The molecule has 94 valence electrons. The van der Waals surface area contributed by atoms with Gasteiger partial charge in [-0.2, -0.15) is 0 Å². The Labute approximate surface area is 106 Å². The molecule has 1 heterocycles. The summed E-state index contributed by atoms with van der Waals surface area (Å²) in [5.74, 6) is -2.33. The summed E-state index contributed by atoms with van der Waals surface area (Å²) in [6, 6.07) is 3.22. The summed E-state index contributed by atoms with van der Waals surface area (Å²) in [5, 5.41) is 9.08. The minimum absolute atomic E-state index is 0.147. The van der Waals surface area contributed by atoms with E-state index in [1.807, 2.05) is 0 Å². The van der Waals surface area contributed by atoms with Crippen LogP contribution in [0.3, 0.4) is 0 Å². The van der Waals surface area contributed by atoms with Crippen LogP contribution >= 0.6 is 11.3 Å². The highest BCUT2D eigenvalue weighted by Crippen LogP contribution is 2.30. The standard InChI is InChI=1S/C12H9F2NO2S/c1-6-10(5-11(16)17)18-12(15-6)8-3-2-7(13)4-9(8)14/h2-4H,5H2,1H3,(H,16,17). The summed E-state index contributed by atoms with van der Waals surface area (Å²) >= 11 is 1.11. The Bertz CT molecular complexity index is 610. The SMILES string of the molecule is Cc1nc(-c2ccc(F)cc2F)sc1CC(=O)O. The molecule has 0 saturated heterocycles. The summed E-state index contributed by atoms with van der Waals surface area (Å²) in [5.41, 5.74) is 0.738. The third-order valence-electron chi connectivity index (χ3n) is 2.37. The summed E-state index contributed by atoms with van der Waals surface area (Å²) < 4.78 is 26.3. The number of benzene rings is 1. The Kier molecular flexibility index (Phi) is 3.38. The van der Waals surface area contributed by atoms with Gasteiger partial charge >= 0.3 is 5.97 Å². The zero-order valence-electron chi connectivity index (χ0n) is 9.41. The lowest BCUT2D eigenvalue weighted by molar-refractivity contribution is -0.136. The molecule has 0 spiro atoms. The number of rotatable bonds is 3. The second-order valence-electron chi connectivity index (χ2n) is 3.72.